The van der Waals surface area contributed by atoms with Crippen molar-refractivity contribution in [2.24, 2.45) is 5.92 Å². The van der Waals surface area contributed by atoms with E-state index >= 15 is 0 Å². The lowest BCUT2D eigenvalue weighted by molar-refractivity contribution is 0.260. The number of hydrogen-bond donors (Lipinski definition) is 2. The van der Waals surface area contributed by atoms with Gasteiger partial charge in [0.15, 0.2) is 0 Å². The van der Waals surface area contributed by atoms with Crippen LogP contribution in [-0.2, 0) is 6.54 Å². The molecule has 0 aliphatic heterocycles. The van der Waals surface area contributed by atoms with Crippen LogP contribution in [0.2, 0.25) is 0 Å². The van der Waals surface area contributed by atoms with Gasteiger partial charge in [0, 0.05) is 30.9 Å². The number of nitrogens with one attached hydrogen (secondary N) is 1. The number of aromatic nitrogens is 1. The summed E-state index contributed by atoms with van der Waals surface area (Å²) >= 11 is 0. The number of rotatable bonds is 6. The minimum atomic E-state index is 0.263. The van der Waals surface area contributed by atoms with E-state index in [-0.39, 0.29) is 6.61 Å². The number of aliphatic hydroxyl groups is 1. The average Bonchev–Trinajstić information content (AvgIpc) is 2.39. The van der Waals surface area contributed by atoms with Gasteiger partial charge in [-0.15, -0.1) is 0 Å². The van der Waals surface area contributed by atoms with Crippen LogP contribution in [0, 0.1) is 5.92 Å². The predicted molar refractivity (Wildman–Crippen MR) is 74.3 cm³/mol. The Balaban J connectivity index is 1.99. The van der Waals surface area contributed by atoms with Crippen LogP contribution in [0.4, 0.5) is 0 Å². The first-order valence-electron chi connectivity index (χ1n) is 6.44. The van der Waals surface area contributed by atoms with Crippen LogP contribution in [0.25, 0.3) is 10.8 Å². The van der Waals surface area contributed by atoms with Crippen molar-refractivity contribution >= 4 is 10.8 Å². The summed E-state index contributed by atoms with van der Waals surface area (Å²) in [6.07, 6.45) is 4.67. The Kier molecular flexibility index (Phi) is 4.67. The molecule has 0 bridgehead atoms. The van der Waals surface area contributed by atoms with Gasteiger partial charge >= 0.3 is 0 Å². The van der Waals surface area contributed by atoms with E-state index < -0.39 is 0 Å². The summed E-state index contributed by atoms with van der Waals surface area (Å²) in [5.74, 6) is 0.498. The summed E-state index contributed by atoms with van der Waals surface area (Å²) in [6.45, 7) is 4.15. The molecule has 1 aromatic heterocycles. The number of hydrogen-bond acceptors (Lipinski definition) is 3. The normalized spacial score (nSPS) is 12.8. The monoisotopic (exact) mass is 244 g/mol. The van der Waals surface area contributed by atoms with Gasteiger partial charge in [0.25, 0.3) is 0 Å². The Morgan fingerprint density at radius 3 is 2.94 bits per heavy atom. The van der Waals surface area contributed by atoms with E-state index in [0.717, 1.165) is 19.5 Å². The molecule has 1 aromatic carbocycles. The molecule has 0 amide bonds. The average molecular weight is 244 g/mol. The molecule has 3 heteroatoms. The number of aliphatic hydroxyl groups excluding tert-OH is 1. The third-order valence-electron chi connectivity index (χ3n) is 3.18. The first-order chi connectivity index (χ1) is 8.81. The Bertz CT molecular complexity index is 493. The Morgan fingerprint density at radius 2 is 2.11 bits per heavy atom. The summed E-state index contributed by atoms with van der Waals surface area (Å²) in [4.78, 5) is 4.27. The van der Waals surface area contributed by atoms with E-state index in [9.17, 15) is 0 Å². The van der Waals surface area contributed by atoms with Gasteiger partial charge in [-0.05, 0) is 29.8 Å². The molecule has 1 atom stereocenters. The Hall–Kier alpha value is -1.45. The van der Waals surface area contributed by atoms with Crippen LogP contribution in [0.15, 0.2) is 36.7 Å². The molecule has 96 valence electrons. The van der Waals surface area contributed by atoms with Crippen molar-refractivity contribution in [3.05, 3.63) is 42.2 Å². The highest BCUT2D eigenvalue weighted by molar-refractivity contribution is 5.84. The highest BCUT2D eigenvalue weighted by Gasteiger charge is 2.03. The first-order valence-corrected chi connectivity index (χ1v) is 6.44. The number of benzene rings is 1. The zero-order chi connectivity index (χ0) is 12.8. The molecule has 0 radical (unpaired) electrons. The van der Waals surface area contributed by atoms with Crippen molar-refractivity contribution in [3.8, 4) is 0 Å². The van der Waals surface area contributed by atoms with Crippen LogP contribution in [0.5, 0.6) is 0 Å². The highest BCUT2D eigenvalue weighted by atomic mass is 16.3. The largest absolute Gasteiger partial charge is 0.396 e. The molecule has 2 rings (SSSR count). The van der Waals surface area contributed by atoms with Crippen molar-refractivity contribution in [1.29, 1.82) is 0 Å². The molecular formula is C15H20N2O. The summed E-state index contributed by atoms with van der Waals surface area (Å²) < 4.78 is 0. The molecule has 18 heavy (non-hydrogen) atoms. The van der Waals surface area contributed by atoms with Gasteiger partial charge < -0.3 is 10.4 Å². The summed E-state index contributed by atoms with van der Waals surface area (Å²) in [5, 5.41) is 14.7. The molecule has 0 aliphatic carbocycles. The van der Waals surface area contributed by atoms with Gasteiger partial charge in [0.05, 0.1) is 0 Å². The maximum Gasteiger partial charge on any atom is 0.0434 e. The van der Waals surface area contributed by atoms with Crippen molar-refractivity contribution < 1.29 is 5.11 Å². The minimum absolute atomic E-state index is 0.263. The second kappa shape index (κ2) is 6.47. The second-order valence-electron chi connectivity index (χ2n) is 4.77. The molecule has 0 fully saturated rings. The number of nitrogens with zero attached hydrogens (tertiary/aromatic N) is 1. The number of fused-ring (bicyclic) bond motifs is 1. The van der Waals surface area contributed by atoms with Crippen molar-refractivity contribution in [2.75, 3.05) is 13.2 Å². The Morgan fingerprint density at radius 1 is 1.28 bits per heavy atom. The zero-order valence-corrected chi connectivity index (χ0v) is 10.8. The smallest absolute Gasteiger partial charge is 0.0434 e. The SMILES string of the molecule is CC(CCO)CNCc1cncc2ccccc12. The van der Waals surface area contributed by atoms with E-state index in [1.54, 1.807) is 0 Å². The van der Waals surface area contributed by atoms with Gasteiger partial charge in [0.1, 0.15) is 0 Å². The van der Waals surface area contributed by atoms with E-state index in [1.807, 2.05) is 18.5 Å². The van der Waals surface area contributed by atoms with Gasteiger partial charge in [-0.3, -0.25) is 4.98 Å². The molecule has 1 heterocycles. The van der Waals surface area contributed by atoms with Crippen LogP contribution in [0.1, 0.15) is 18.9 Å². The standard InChI is InChI=1S/C15H20N2O/c1-12(6-7-18)8-16-10-14-11-17-9-13-4-2-3-5-15(13)14/h2-5,9,11-12,16,18H,6-8,10H2,1H3. The van der Waals surface area contributed by atoms with E-state index in [2.05, 4.69) is 35.4 Å². The highest BCUT2D eigenvalue weighted by Crippen LogP contribution is 2.16. The maximum atomic E-state index is 8.86. The van der Waals surface area contributed by atoms with Crippen LogP contribution in [-0.4, -0.2) is 23.2 Å². The quantitative estimate of drug-likeness (QED) is 0.820. The van der Waals surface area contributed by atoms with E-state index in [1.165, 1.54) is 16.3 Å². The van der Waals surface area contributed by atoms with Gasteiger partial charge in [-0.2, -0.15) is 0 Å². The summed E-state index contributed by atoms with van der Waals surface area (Å²) in [7, 11) is 0. The van der Waals surface area contributed by atoms with E-state index in [0.29, 0.717) is 5.92 Å². The van der Waals surface area contributed by atoms with Crippen molar-refractivity contribution in [2.45, 2.75) is 19.9 Å². The van der Waals surface area contributed by atoms with Crippen LogP contribution in [0.3, 0.4) is 0 Å². The lowest BCUT2D eigenvalue weighted by Crippen LogP contribution is -2.21. The molecule has 1 unspecified atom stereocenters. The van der Waals surface area contributed by atoms with Crippen LogP contribution >= 0.6 is 0 Å². The lowest BCUT2D eigenvalue weighted by atomic mass is 10.1. The third-order valence-corrected chi connectivity index (χ3v) is 3.18. The fourth-order valence-electron chi connectivity index (χ4n) is 2.10. The second-order valence-corrected chi connectivity index (χ2v) is 4.77. The van der Waals surface area contributed by atoms with Crippen molar-refractivity contribution in [3.63, 3.8) is 0 Å². The zero-order valence-electron chi connectivity index (χ0n) is 10.8. The molecule has 0 aliphatic rings. The summed E-state index contributed by atoms with van der Waals surface area (Å²) in [6, 6.07) is 8.30. The first kappa shape index (κ1) is 13.0. The molecule has 3 nitrogen and oxygen atoms in total. The lowest BCUT2D eigenvalue weighted by Gasteiger charge is -2.12. The molecule has 0 saturated heterocycles. The fraction of sp³-hybridized carbons (Fsp3) is 0.400. The Labute approximate surface area is 108 Å². The molecule has 2 aromatic rings. The third kappa shape index (κ3) is 3.28. The molecule has 0 saturated carbocycles. The maximum absolute atomic E-state index is 8.86. The molecular weight excluding hydrogens is 224 g/mol. The van der Waals surface area contributed by atoms with Gasteiger partial charge in [-0.25, -0.2) is 0 Å². The van der Waals surface area contributed by atoms with Crippen LogP contribution < -0.4 is 5.32 Å². The van der Waals surface area contributed by atoms with Gasteiger partial charge in [0.2, 0.25) is 0 Å². The predicted octanol–water partition coefficient (Wildman–Crippen LogP) is 2.34. The number of pyridine rings is 1. The molecule has 0 spiro atoms. The van der Waals surface area contributed by atoms with E-state index in [4.69, 9.17) is 5.11 Å². The van der Waals surface area contributed by atoms with Crippen molar-refractivity contribution in [1.82, 2.24) is 10.3 Å². The fourth-order valence-corrected chi connectivity index (χ4v) is 2.10. The summed E-state index contributed by atoms with van der Waals surface area (Å²) in [5.41, 5.74) is 1.23. The molecule has 2 N–H and O–H groups in total. The van der Waals surface area contributed by atoms with Gasteiger partial charge in [-0.1, -0.05) is 31.2 Å². The topological polar surface area (TPSA) is 45.1 Å². The minimum Gasteiger partial charge on any atom is -0.396 e.